The maximum Gasteiger partial charge on any atom is 0.273 e. The molecule has 7 nitrogen and oxygen atoms in total. The van der Waals surface area contributed by atoms with Crippen LogP contribution < -0.4 is 15.8 Å². The number of nitrogens with zero attached hydrogens (tertiary/aromatic N) is 3. The molecule has 2 rings (SSSR count). The van der Waals surface area contributed by atoms with Crippen LogP contribution in [0.5, 0.6) is 5.75 Å². The van der Waals surface area contributed by atoms with E-state index >= 15 is 0 Å². The minimum Gasteiger partial charge on any atom is -0.496 e. The van der Waals surface area contributed by atoms with Crippen molar-refractivity contribution in [2.24, 2.45) is 5.73 Å². The quantitative estimate of drug-likeness (QED) is 0.817. The number of hydrogen-bond donors (Lipinski definition) is 2. The Morgan fingerprint density at radius 1 is 1.48 bits per heavy atom. The molecule has 1 amide bonds. The van der Waals surface area contributed by atoms with Crippen molar-refractivity contribution in [3.8, 4) is 5.75 Å². The topological polar surface area (TPSA) is 95.1 Å². The highest BCUT2D eigenvalue weighted by molar-refractivity contribution is 5.92. The SMILES string of the molecule is COc1ccccc1C(C)NC(=O)c1cn(CCN)nn1. The molecule has 0 aliphatic heterocycles. The number of carbonyl (C=O) groups excluding carboxylic acids is 1. The van der Waals surface area contributed by atoms with Gasteiger partial charge in [0, 0.05) is 12.1 Å². The zero-order chi connectivity index (χ0) is 15.2. The summed E-state index contributed by atoms with van der Waals surface area (Å²) in [5.41, 5.74) is 6.61. The van der Waals surface area contributed by atoms with Crippen molar-refractivity contribution >= 4 is 5.91 Å². The molecule has 0 saturated heterocycles. The smallest absolute Gasteiger partial charge is 0.273 e. The van der Waals surface area contributed by atoms with Gasteiger partial charge in [0.15, 0.2) is 5.69 Å². The highest BCUT2D eigenvalue weighted by Gasteiger charge is 2.16. The first-order chi connectivity index (χ1) is 10.2. The molecule has 112 valence electrons. The van der Waals surface area contributed by atoms with E-state index in [1.807, 2.05) is 31.2 Å². The predicted octanol–water partition coefficient (Wildman–Crippen LogP) is 0.736. The molecular weight excluding hydrogens is 270 g/mol. The van der Waals surface area contributed by atoms with E-state index in [2.05, 4.69) is 15.6 Å². The van der Waals surface area contributed by atoms with Crippen molar-refractivity contribution in [3.63, 3.8) is 0 Å². The third-order valence-electron chi connectivity index (χ3n) is 3.08. The predicted molar refractivity (Wildman–Crippen MR) is 78.0 cm³/mol. The summed E-state index contributed by atoms with van der Waals surface area (Å²) in [5.74, 6) is 0.453. The molecule has 1 aromatic heterocycles. The van der Waals surface area contributed by atoms with Crippen LogP contribution in [0.25, 0.3) is 0 Å². The number of aromatic nitrogens is 3. The van der Waals surface area contributed by atoms with Crippen LogP contribution in [0.15, 0.2) is 30.5 Å². The van der Waals surface area contributed by atoms with Crippen LogP contribution in [-0.4, -0.2) is 34.6 Å². The van der Waals surface area contributed by atoms with E-state index in [-0.39, 0.29) is 17.6 Å². The number of methoxy groups -OCH3 is 1. The van der Waals surface area contributed by atoms with Crippen LogP contribution in [0.1, 0.15) is 29.0 Å². The maximum absolute atomic E-state index is 12.1. The van der Waals surface area contributed by atoms with E-state index in [1.165, 1.54) is 0 Å². The normalized spacial score (nSPS) is 12.0. The minimum atomic E-state index is -0.281. The van der Waals surface area contributed by atoms with E-state index in [0.717, 1.165) is 11.3 Å². The van der Waals surface area contributed by atoms with Gasteiger partial charge in [0.2, 0.25) is 0 Å². The number of nitrogens with two attached hydrogens (primary N) is 1. The molecule has 1 aromatic carbocycles. The summed E-state index contributed by atoms with van der Waals surface area (Å²) in [4.78, 5) is 12.1. The standard InChI is InChI=1S/C14H19N5O2/c1-10(11-5-3-4-6-13(11)21-2)16-14(20)12-9-19(8-7-15)18-17-12/h3-6,9-10H,7-8,15H2,1-2H3,(H,16,20). The third kappa shape index (κ3) is 3.57. The van der Waals surface area contributed by atoms with E-state index in [9.17, 15) is 4.79 Å². The summed E-state index contributed by atoms with van der Waals surface area (Å²) < 4.78 is 6.84. The molecule has 1 heterocycles. The molecule has 0 aliphatic carbocycles. The van der Waals surface area contributed by atoms with Crippen LogP contribution in [0.3, 0.4) is 0 Å². The molecule has 0 radical (unpaired) electrons. The van der Waals surface area contributed by atoms with Crippen molar-refractivity contribution in [3.05, 3.63) is 41.7 Å². The second-order valence-electron chi connectivity index (χ2n) is 4.59. The Bertz CT molecular complexity index is 611. The van der Waals surface area contributed by atoms with Crippen LogP contribution in [0, 0.1) is 0 Å². The number of amides is 1. The largest absolute Gasteiger partial charge is 0.496 e. The molecule has 0 fully saturated rings. The number of rotatable bonds is 6. The van der Waals surface area contributed by atoms with E-state index < -0.39 is 0 Å². The number of para-hydroxylation sites is 1. The average Bonchev–Trinajstić information content (AvgIpc) is 2.96. The summed E-state index contributed by atoms with van der Waals surface area (Å²) in [5, 5.41) is 10.6. The second-order valence-corrected chi connectivity index (χ2v) is 4.59. The fraction of sp³-hybridized carbons (Fsp3) is 0.357. The van der Waals surface area contributed by atoms with Gasteiger partial charge in [0.05, 0.1) is 25.9 Å². The van der Waals surface area contributed by atoms with E-state index in [0.29, 0.717) is 13.1 Å². The van der Waals surface area contributed by atoms with Gasteiger partial charge in [-0.2, -0.15) is 0 Å². The Labute approximate surface area is 123 Å². The first kappa shape index (κ1) is 15.0. The molecule has 0 spiro atoms. The van der Waals surface area contributed by atoms with Crippen molar-refractivity contribution in [1.82, 2.24) is 20.3 Å². The molecule has 1 atom stereocenters. The molecule has 0 aliphatic rings. The monoisotopic (exact) mass is 289 g/mol. The van der Waals surface area contributed by atoms with Gasteiger partial charge in [-0.1, -0.05) is 23.4 Å². The Hall–Kier alpha value is -2.41. The molecule has 21 heavy (non-hydrogen) atoms. The minimum absolute atomic E-state index is 0.201. The van der Waals surface area contributed by atoms with Crippen LogP contribution in [0.4, 0.5) is 0 Å². The maximum atomic E-state index is 12.1. The summed E-state index contributed by atoms with van der Waals surface area (Å²) >= 11 is 0. The van der Waals surface area contributed by atoms with Gasteiger partial charge in [0.1, 0.15) is 5.75 Å². The molecule has 7 heteroatoms. The first-order valence-corrected chi connectivity index (χ1v) is 6.69. The molecule has 1 unspecified atom stereocenters. The third-order valence-corrected chi connectivity index (χ3v) is 3.08. The lowest BCUT2D eigenvalue weighted by molar-refractivity contribution is 0.0934. The second kappa shape index (κ2) is 6.85. The number of nitrogens with one attached hydrogen (secondary N) is 1. The van der Waals surface area contributed by atoms with Gasteiger partial charge in [0.25, 0.3) is 5.91 Å². The van der Waals surface area contributed by atoms with Crippen molar-refractivity contribution < 1.29 is 9.53 Å². The Balaban J connectivity index is 2.07. The molecule has 2 aromatic rings. The summed E-state index contributed by atoms with van der Waals surface area (Å²) in [6.07, 6.45) is 1.58. The van der Waals surface area contributed by atoms with Gasteiger partial charge in [-0.15, -0.1) is 5.10 Å². The highest BCUT2D eigenvalue weighted by atomic mass is 16.5. The van der Waals surface area contributed by atoms with Crippen molar-refractivity contribution in [2.45, 2.75) is 19.5 Å². The van der Waals surface area contributed by atoms with Crippen LogP contribution in [-0.2, 0) is 6.54 Å². The fourth-order valence-corrected chi connectivity index (χ4v) is 2.02. The van der Waals surface area contributed by atoms with Gasteiger partial charge in [-0.3, -0.25) is 9.48 Å². The fourth-order valence-electron chi connectivity index (χ4n) is 2.02. The number of benzene rings is 1. The van der Waals surface area contributed by atoms with Gasteiger partial charge < -0.3 is 15.8 Å². The van der Waals surface area contributed by atoms with Gasteiger partial charge in [-0.25, -0.2) is 0 Å². The molecule has 3 N–H and O–H groups in total. The lowest BCUT2D eigenvalue weighted by Gasteiger charge is -2.16. The zero-order valence-corrected chi connectivity index (χ0v) is 12.1. The van der Waals surface area contributed by atoms with Gasteiger partial charge >= 0.3 is 0 Å². The highest BCUT2D eigenvalue weighted by Crippen LogP contribution is 2.24. The van der Waals surface area contributed by atoms with Crippen molar-refractivity contribution in [1.29, 1.82) is 0 Å². The van der Waals surface area contributed by atoms with Gasteiger partial charge in [-0.05, 0) is 13.0 Å². The Kier molecular flexibility index (Phi) is 4.89. The number of hydrogen-bond acceptors (Lipinski definition) is 5. The zero-order valence-electron chi connectivity index (χ0n) is 12.1. The molecule has 0 saturated carbocycles. The van der Waals surface area contributed by atoms with E-state index in [1.54, 1.807) is 18.0 Å². The van der Waals surface area contributed by atoms with Crippen molar-refractivity contribution in [2.75, 3.05) is 13.7 Å². The Morgan fingerprint density at radius 2 is 2.24 bits per heavy atom. The Morgan fingerprint density at radius 3 is 2.95 bits per heavy atom. The van der Waals surface area contributed by atoms with E-state index in [4.69, 9.17) is 10.5 Å². The summed E-state index contributed by atoms with van der Waals surface area (Å²) in [7, 11) is 1.60. The number of ether oxygens (including phenoxy) is 1. The summed E-state index contributed by atoms with van der Waals surface area (Å²) in [6.45, 7) is 2.87. The van der Waals surface area contributed by atoms with Crippen LogP contribution in [0.2, 0.25) is 0 Å². The van der Waals surface area contributed by atoms with Crippen LogP contribution >= 0.6 is 0 Å². The number of carbonyl (C=O) groups is 1. The summed E-state index contributed by atoms with van der Waals surface area (Å²) in [6, 6.07) is 7.35. The first-order valence-electron chi connectivity index (χ1n) is 6.69. The average molecular weight is 289 g/mol. The lowest BCUT2D eigenvalue weighted by Crippen LogP contribution is -2.27. The molecular formula is C14H19N5O2. The lowest BCUT2D eigenvalue weighted by atomic mass is 10.1. The molecule has 0 bridgehead atoms.